The van der Waals surface area contributed by atoms with Gasteiger partial charge in [-0.15, -0.1) is 0 Å². The average Bonchev–Trinajstić information content (AvgIpc) is 3.38. The van der Waals surface area contributed by atoms with Crippen LogP contribution in [0.1, 0.15) is 30.5 Å². The molecule has 0 atom stereocenters. The maximum Gasteiger partial charge on any atom is 0.243 e. The Labute approximate surface area is 175 Å². The first-order chi connectivity index (χ1) is 14.5. The van der Waals surface area contributed by atoms with Crippen molar-refractivity contribution >= 4 is 32.6 Å². The van der Waals surface area contributed by atoms with Crippen LogP contribution < -0.4 is 4.90 Å². The van der Waals surface area contributed by atoms with E-state index >= 15 is 0 Å². The Morgan fingerprint density at radius 3 is 2.67 bits per heavy atom. The number of hydrogen-bond acceptors (Lipinski definition) is 5. The zero-order chi connectivity index (χ0) is 20.7. The smallest absolute Gasteiger partial charge is 0.243 e. The number of piperidine rings is 1. The number of fused-ring (bicyclic) bond motifs is 2. The summed E-state index contributed by atoms with van der Waals surface area (Å²) in [5, 5.41) is 4.89. The molecule has 2 aliphatic heterocycles. The molecule has 30 heavy (non-hydrogen) atoms. The largest absolute Gasteiger partial charge is 0.356 e. The summed E-state index contributed by atoms with van der Waals surface area (Å²) in [6.07, 6.45) is 3.68. The Kier molecular flexibility index (Phi) is 4.83. The van der Waals surface area contributed by atoms with Crippen LogP contribution in [0.5, 0.6) is 0 Å². The lowest BCUT2D eigenvalue weighted by molar-refractivity contribution is -0.117. The number of anilines is 1. The molecule has 156 valence electrons. The molecule has 2 aromatic carbocycles. The van der Waals surface area contributed by atoms with E-state index in [9.17, 15) is 13.2 Å². The van der Waals surface area contributed by atoms with Crippen LogP contribution in [-0.4, -0.2) is 43.4 Å². The highest BCUT2D eigenvalue weighted by Crippen LogP contribution is 2.32. The summed E-state index contributed by atoms with van der Waals surface area (Å²) in [5.74, 6) is -0.0700. The van der Waals surface area contributed by atoms with Crippen molar-refractivity contribution in [3.05, 3.63) is 53.7 Å². The highest BCUT2D eigenvalue weighted by Gasteiger charge is 2.30. The van der Waals surface area contributed by atoms with E-state index < -0.39 is 10.0 Å². The predicted molar refractivity (Wildman–Crippen MR) is 113 cm³/mol. The van der Waals surface area contributed by atoms with Crippen LogP contribution in [-0.2, 0) is 27.7 Å². The van der Waals surface area contributed by atoms with E-state index in [0.717, 1.165) is 35.9 Å². The topological polar surface area (TPSA) is 83.7 Å². The van der Waals surface area contributed by atoms with Crippen LogP contribution in [0.4, 0.5) is 5.69 Å². The molecule has 7 nitrogen and oxygen atoms in total. The third-order valence-corrected chi connectivity index (χ3v) is 7.87. The summed E-state index contributed by atoms with van der Waals surface area (Å²) in [7, 11) is -3.48. The van der Waals surface area contributed by atoms with Gasteiger partial charge in [-0.3, -0.25) is 4.79 Å². The third-order valence-electron chi connectivity index (χ3n) is 5.97. The third kappa shape index (κ3) is 3.30. The molecule has 0 unspecified atom stereocenters. The number of hydrogen-bond donors (Lipinski definition) is 0. The van der Waals surface area contributed by atoms with E-state index in [1.54, 1.807) is 27.4 Å². The Balaban J connectivity index is 1.37. The minimum Gasteiger partial charge on any atom is -0.356 e. The maximum atomic E-state index is 13.0. The van der Waals surface area contributed by atoms with Gasteiger partial charge >= 0.3 is 0 Å². The number of nitrogens with zero attached hydrogens (tertiary/aromatic N) is 3. The second kappa shape index (κ2) is 7.52. The van der Waals surface area contributed by atoms with Crippen molar-refractivity contribution in [2.45, 2.75) is 37.0 Å². The van der Waals surface area contributed by atoms with Crippen LogP contribution in [0.3, 0.4) is 0 Å². The molecule has 0 radical (unpaired) electrons. The summed E-state index contributed by atoms with van der Waals surface area (Å²) in [6, 6.07) is 12.6. The molecule has 5 rings (SSSR count). The van der Waals surface area contributed by atoms with Crippen molar-refractivity contribution in [1.82, 2.24) is 9.46 Å². The summed E-state index contributed by atoms with van der Waals surface area (Å²) in [4.78, 5) is 15.0. The molecule has 1 aromatic heterocycles. The second-order valence-electron chi connectivity index (χ2n) is 7.85. The zero-order valence-electron chi connectivity index (χ0n) is 16.6. The van der Waals surface area contributed by atoms with Gasteiger partial charge in [-0.25, -0.2) is 8.42 Å². The molecule has 1 saturated heterocycles. The number of amides is 1. The lowest BCUT2D eigenvalue weighted by atomic mass is 10.1. The minimum atomic E-state index is -3.48. The standard InChI is InChI=1S/C22H23N3O4S/c26-22(15-19-18-6-2-3-7-21(18)29-23-19)25-13-10-16-14-17(8-9-20(16)25)30(27,28)24-11-4-1-5-12-24/h2-3,6-9,14H,1,4-5,10-13,15H2. The fourth-order valence-corrected chi connectivity index (χ4v) is 5.92. The lowest BCUT2D eigenvalue weighted by Crippen LogP contribution is -2.35. The van der Waals surface area contributed by atoms with Gasteiger partial charge in [-0.05, 0) is 55.2 Å². The number of rotatable bonds is 4. The summed E-state index contributed by atoms with van der Waals surface area (Å²) in [6.45, 7) is 1.70. The normalized spacial score (nSPS) is 17.4. The highest BCUT2D eigenvalue weighted by molar-refractivity contribution is 7.89. The number of carbonyl (C=O) groups is 1. The Morgan fingerprint density at radius 1 is 1.03 bits per heavy atom. The van der Waals surface area contributed by atoms with Crippen molar-refractivity contribution in [1.29, 1.82) is 0 Å². The quantitative estimate of drug-likeness (QED) is 0.641. The molecular formula is C22H23N3O4S. The SMILES string of the molecule is O=C(Cc1noc2ccccc12)N1CCc2cc(S(=O)(=O)N3CCCCC3)ccc21. The maximum absolute atomic E-state index is 13.0. The molecule has 3 heterocycles. The summed E-state index contributed by atoms with van der Waals surface area (Å²) < 4.78 is 32.8. The zero-order valence-corrected chi connectivity index (χ0v) is 17.4. The second-order valence-corrected chi connectivity index (χ2v) is 9.79. The van der Waals surface area contributed by atoms with Gasteiger partial charge in [0.25, 0.3) is 0 Å². The van der Waals surface area contributed by atoms with Crippen molar-refractivity contribution in [3.8, 4) is 0 Å². The number of aromatic nitrogens is 1. The lowest BCUT2D eigenvalue weighted by Gasteiger charge is -2.26. The van der Waals surface area contributed by atoms with E-state index in [1.807, 2.05) is 24.3 Å². The summed E-state index contributed by atoms with van der Waals surface area (Å²) in [5.41, 5.74) is 2.96. The fourth-order valence-electron chi connectivity index (χ4n) is 4.36. The first kappa shape index (κ1) is 19.3. The molecule has 0 bridgehead atoms. The first-order valence-electron chi connectivity index (χ1n) is 10.3. The van der Waals surface area contributed by atoms with Crippen LogP contribution in [0.15, 0.2) is 51.9 Å². The Bertz CT molecular complexity index is 1210. The Morgan fingerprint density at radius 2 is 1.83 bits per heavy atom. The van der Waals surface area contributed by atoms with E-state index in [-0.39, 0.29) is 12.3 Å². The van der Waals surface area contributed by atoms with Gasteiger partial charge < -0.3 is 9.42 Å². The van der Waals surface area contributed by atoms with Gasteiger partial charge in [-0.2, -0.15) is 4.31 Å². The summed E-state index contributed by atoms with van der Waals surface area (Å²) >= 11 is 0. The number of sulfonamides is 1. The molecule has 1 fully saturated rings. The first-order valence-corrected chi connectivity index (χ1v) is 11.7. The van der Waals surface area contributed by atoms with Crippen LogP contribution in [0, 0.1) is 0 Å². The average molecular weight is 426 g/mol. The van der Waals surface area contributed by atoms with E-state index in [0.29, 0.717) is 42.2 Å². The van der Waals surface area contributed by atoms with Crippen molar-refractivity contribution in [2.24, 2.45) is 0 Å². The van der Waals surface area contributed by atoms with E-state index in [1.165, 1.54) is 0 Å². The van der Waals surface area contributed by atoms with E-state index in [4.69, 9.17) is 4.52 Å². The van der Waals surface area contributed by atoms with Gasteiger partial charge in [0.1, 0.15) is 5.69 Å². The molecule has 0 N–H and O–H groups in total. The molecule has 1 amide bonds. The minimum absolute atomic E-state index is 0.0700. The monoisotopic (exact) mass is 425 g/mol. The molecule has 2 aliphatic rings. The molecule has 8 heteroatoms. The van der Waals surface area contributed by atoms with Gasteiger partial charge in [0.2, 0.25) is 15.9 Å². The number of carbonyl (C=O) groups excluding carboxylic acids is 1. The van der Waals surface area contributed by atoms with Crippen molar-refractivity contribution < 1.29 is 17.7 Å². The van der Waals surface area contributed by atoms with Gasteiger partial charge in [0, 0.05) is 30.7 Å². The molecular weight excluding hydrogens is 402 g/mol. The van der Waals surface area contributed by atoms with Gasteiger partial charge in [0.15, 0.2) is 5.58 Å². The molecule has 0 spiro atoms. The molecule has 0 aliphatic carbocycles. The van der Waals surface area contributed by atoms with Gasteiger partial charge in [0.05, 0.1) is 11.3 Å². The highest BCUT2D eigenvalue weighted by atomic mass is 32.2. The van der Waals surface area contributed by atoms with Crippen molar-refractivity contribution in [2.75, 3.05) is 24.5 Å². The van der Waals surface area contributed by atoms with Gasteiger partial charge in [-0.1, -0.05) is 23.7 Å². The predicted octanol–water partition coefficient (Wildman–Crippen LogP) is 3.13. The van der Waals surface area contributed by atoms with Crippen LogP contribution in [0.2, 0.25) is 0 Å². The number of para-hydroxylation sites is 1. The van der Waals surface area contributed by atoms with E-state index in [2.05, 4.69) is 5.16 Å². The Hall–Kier alpha value is -2.71. The molecule has 0 saturated carbocycles. The van der Waals surface area contributed by atoms with Crippen LogP contribution in [0.25, 0.3) is 11.0 Å². The van der Waals surface area contributed by atoms with Crippen molar-refractivity contribution in [3.63, 3.8) is 0 Å². The van der Waals surface area contributed by atoms with Crippen LogP contribution >= 0.6 is 0 Å². The fraction of sp³-hybridized carbons (Fsp3) is 0.364. The number of benzene rings is 2. The molecule has 3 aromatic rings.